The van der Waals surface area contributed by atoms with Gasteiger partial charge in [0.2, 0.25) is 5.91 Å². The number of hydrogen-bond donors (Lipinski definition) is 0. The van der Waals surface area contributed by atoms with Crippen molar-refractivity contribution in [2.75, 3.05) is 0 Å². The molecule has 0 spiro atoms. The van der Waals surface area contributed by atoms with E-state index >= 15 is 0 Å². The van der Waals surface area contributed by atoms with E-state index in [1.807, 2.05) is 22.8 Å². The van der Waals surface area contributed by atoms with E-state index in [0.29, 0.717) is 34.7 Å². The number of rotatable bonds is 1. The average Bonchev–Trinajstić information content (AvgIpc) is 3.01. The van der Waals surface area contributed by atoms with Gasteiger partial charge in [-0.3, -0.25) is 14.2 Å². The Morgan fingerprint density at radius 2 is 2.04 bits per heavy atom. The number of halogens is 1. The highest BCUT2D eigenvalue weighted by molar-refractivity contribution is 6.30. The van der Waals surface area contributed by atoms with Crippen LogP contribution in [0.1, 0.15) is 18.2 Å². The Morgan fingerprint density at radius 1 is 1.21 bits per heavy atom. The molecule has 0 aliphatic carbocycles. The third kappa shape index (κ3) is 2.20. The first kappa shape index (κ1) is 14.9. The number of nitrogens with zero attached hydrogens (tertiary/aromatic N) is 3. The molecule has 24 heavy (non-hydrogen) atoms. The lowest BCUT2D eigenvalue weighted by Gasteiger charge is -2.16. The van der Waals surface area contributed by atoms with Crippen LogP contribution in [0, 0.1) is 0 Å². The monoisotopic (exact) mass is 339 g/mol. The molecule has 0 saturated heterocycles. The second-order valence-corrected chi connectivity index (χ2v) is 6.26. The van der Waals surface area contributed by atoms with E-state index in [0.717, 1.165) is 11.4 Å². The number of hydrogen-bond acceptors (Lipinski definition) is 3. The fraction of sp³-hybridized carbons (Fsp3) is 0.167. The summed E-state index contributed by atoms with van der Waals surface area (Å²) in [5.41, 5.74) is 2.78. The average molecular weight is 340 g/mol. The SMILES string of the molecule is CC(=O)N1Cc2c(n(-c3cccc(Cl)c3)c3ncccc3c2=O)C1. The number of carbonyl (C=O) groups excluding carboxylic acids is 1. The van der Waals surface area contributed by atoms with Crippen molar-refractivity contribution < 1.29 is 4.79 Å². The molecule has 2 aromatic heterocycles. The fourth-order valence-corrected chi connectivity index (χ4v) is 3.37. The van der Waals surface area contributed by atoms with E-state index in [9.17, 15) is 9.59 Å². The maximum Gasteiger partial charge on any atom is 0.220 e. The van der Waals surface area contributed by atoms with Gasteiger partial charge in [0, 0.05) is 29.4 Å². The van der Waals surface area contributed by atoms with Gasteiger partial charge in [0.15, 0.2) is 5.43 Å². The first-order valence-electron chi connectivity index (χ1n) is 7.59. The Labute approximate surface area is 143 Å². The molecule has 3 aromatic rings. The summed E-state index contributed by atoms with van der Waals surface area (Å²) >= 11 is 6.15. The summed E-state index contributed by atoms with van der Waals surface area (Å²) in [7, 11) is 0. The molecular weight excluding hydrogens is 326 g/mol. The minimum absolute atomic E-state index is 0.0553. The largest absolute Gasteiger partial charge is 0.333 e. The van der Waals surface area contributed by atoms with Gasteiger partial charge in [-0.15, -0.1) is 0 Å². The van der Waals surface area contributed by atoms with Gasteiger partial charge >= 0.3 is 0 Å². The Hall–Kier alpha value is -2.66. The predicted octanol–water partition coefficient (Wildman–Crippen LogP) is 2.90. The molecule has 0 fully saturated rings. The van der Waals surface area contributed by atoms with Crippen molar-refractivity contribution in [3.05, 3.63) is 69.1 Å². The van der Waals surface area contributed by atoms with Crippen LogP contribution in [-0.2, 0) is 17.9 Å². The summed E-state index contributed by atoms with van der Waals surface area (Å²) in [4.78, 5) is 30.7. The van der Waals surface area contributed by atoms with E-state index in [-0.39, 0.29) is 11.3 Å². The van der Waals surface area contributed by atoms with Crippen molar-refractivity contribution in [1.82, 2.24) is 14.5 Å². The topological polar surface area (TPSA) is 55.2 Å². The van der Waals surface area contributed by atoms with Crippen molar-refractivity contribution in [2.45, 2.75) is 20.0 Å². The zero-order chi connectivity index (χ0) is 16.8. The van der Waals surface area contributed by atoms with Crippen LogP contribution >= 0.6 is 11.6 Å². The molecule has 1 aromatic carbocycles. The third-order valence-corrected chi connectivity index (χ3v) is 4.57. The van der Waals surface area contributed by atoms with E-state index in [1.165, 1.54) is 6.92 Å². The van der Waals surface area contributed by atoms with Crippen LogP contribution in [0.15, 0.2) is 47.4 Å². The van der Waals surface area contributed by atoms with E-state index in [4.69, 9.17) is 11.6 Å². The maximum absolute atomic E-state index is 12.8. The Balaban J connectivity index is 2.10. The first-order valence-corrected chi connectivity index (χ1v) is 7.97. The number of pyridine rings is 2. The summed E-state index contributed by atoms with van der Waals surface area (Å²) in [6.45, 7) is 2.23. The predicted molar refractivity (Wildman–Crippen MR) is 92.3 cm³/mol. The van der Waals surface area contributed by atoms with Gasteiger partial charge in [0.05, 0.1) is 24.2 Å². The standard InChI is InChI=1S/C18H14ClN3O2/c1-11(23)21-9-15-16(10-21)22(13-5-2-4-12(19)8-13)18-14(17(15)24)6-3-7-20-18/h2-8H,9-10H2,1H3. The Kier molecular flexibility index (Phi) is 3.39. The lowest BCUT2D eigenvalue weighted by Crippen LogP contribution is -2.22. The minimum Gasteiger partial charge on any atom is -0.333 e. The van der Waals surface area contributed by atoms with E-state index < -0.39 is 0 Å². The number of fused-ring (bicyclic) bond motifs is 2. The van der Waals surface area contributed by atoms with Crippen LogP contribution in [0.2, 0.25) is 5.02 Å². The van der Waals surface area contributed by atoms with Crippen LogP contribution in [0.3, 0.4) is 0 Å². The van der Waals surface area contributed by atoms with Crippen LogP contribution in [0.5, 0.6) is 0 Å². The van der Waals surface area contributed by atoms with Gasteiger partial charge in [-0.05, 0) is 30.3 Å². The first-order chi connectivity index (χ1) is 11.6. The van der Waals surface area contributed by atoms with E-state index in [1.54, 1.807) is 29.3 Å². The highest BCUT2D eigenvalue weighted by Crippen LogP contribution is 2.28. The highest BCUT2D eigenvalue weighted by atomic mass is 35.5. The Morgan fingerprint density at radius 3 is 2.79 bits per heavy atom. The number of amides is 1. The van der Waals surface area contributed by atoms with Gasteiger partial charge in [-0.25, -0.2) is 4.98 Å². The summed E-state index contributed by atoms with van der Waals surface area (Å²) in [5, 5.41) is 1.15. The molecule has 0 radical (unpaired) electrons. The summed E-state index contributed by atoms with van der Waals surface area (Å²) in [5.74, 6) is -0.0553. The molecule has 1 aliphatic heterocycles. The summed E-state index contributed by atoms with van der Waals surface area (Å²) in [6, 6.07) is 10.9. The van der Waals surface area contributed by atoms with Crippen molar-refractivity contribution >= 4 is 28.5 Å². The molecule has 0 atom stereocenters. The second kappa shape index (κ2) is 5.46. The maximum atomic E-state index is 12.8. The van der Waals surface area contributed by atoms with Crippen LogP contribution in [-0.4, -0.2) is 20.4 Å². The normalized spacial score (nSPS) is 13.3. The summed E-state index contributed by atoms with van der Waals surface area (Å²) < 4.78 is 1.93. The number of carbonyl (C=O) groups is 1. The zero-order valence-electron chi connectivity index (χ0n) is 13.0. The molecule has 1 aliphatic rings. The van der Waals surface area contributed by atoms with Gasteiger partial charge in [-0.1, -0.05) is 17.7 Å². The van der Waals surface area contributed by atoms with Crippen molar-refractivity contribution in [1.29, 1.82) is 0 Å². The molecule has 0 unspecified atom stereocenters. The third-order valence-electron chi connectivity index (χ3n) is 4.34. The smallest absolute Gasteiger partial charge is 0.220 e. The quantitative estimate of drug-likeness (QED) is 0.685. The van der Waals surface area contributed by atoms with Gasteiger partial charge < -0.3 is 4.90 Å². The molecule has 0 N–H and O–H groups in total. The molecule has 0 bridgehead atoms. The zero-order valence-corrected chi connectivity index (χ0v) is 13.7. The summed E-state index contributed by atoms with van der Waals surface area (Å²) in [6.07, 6.45) is 1.66. The van der Waals surface area contributed by atoms with Gasteiger partial charge in [0.25, 0.3) is 0 Å². The fourth-order valence-electron chi connectivity index (χ4n) is 3.18. The van der Waals surface area contributed by atoms with Crippen molar-refractivity contribution in [3.8, 4) is 5.69 Å². The van der Waals surface area contributed by atoms with Crippen LogP contribution in [0.4, 0.5) is 0 Å². The van der Waals surface area contributed by atoms with E-state index in [2.05, 4.69) is 4.98 Å². The van der Waals surface area contributed by atoms with Crippen molar-refractivity contribution in [3.63, 3.8) is 0 Å². The number of benzene rings is 1. The molecule has 6 heteroatoms. The Bertz CT molecular complexity index is 1040. The second-order valence-electron chi connectivity index (χ2n) is 5.82. The molecule has 4 rings (SSSR count). The highest BCUT2D eigenvalue weighted by Gasteiger charge is 2.28. The minimum atomic E-state index is -0.0601. The number of aromatic nitrogens is 2. The molecular formula is C18H14ClN3O2. The molecule has 1 amide bonds. The molecule has 120 valence electrons. The molecule has 3 heterocycles. The molecule has 0 saturated carbocycles. The van der Waals surface area contributed by atoms with Crippen LogP contribution < -0.4 is 5.43 Å². The molecule has 5 nitrogen and oxygen atoms in total. The van der Waals surface area contributed by atoms with Gasteiger partial charge in [0.1, 0.15) is 5.65 Å². The van der Waals surface area contributed by atoms with Gasteiger partial charge in [-0.2, -0.15) is 0 Å². The van der Waals surface area contributed by atoms with Crippen molar-refractivity contribution in [2.24, 2.45) is 0 Å². The van der Waals surface area contributed by atoms with Crippen LogP contribution in [0.25, 0.3) is 16.7 Å². The lowest BCUT2D eigenvalue weighted by atomic mass is 10.1. The lowest BCUT2D eigenvalue weighted by molar-refractivity contribution is -0.129.